The third kappa shape index (κ3) is 8.98. The summed E-state index contributed by atoms with van der Waals surface area (Å²) >= 11 is 0. The summed E-state index contributed by atoms with van der Waals surface area (Å²) in [6.45, 7) is 35.0. The fraction of sp³-hybridized carbons (Fsp3) is 0.339. The summed E-state index contributed by atoms with van der Waals surface area (Å²) in [6, 6.07) is 49.5. The van der Waals surface area contributed by atoms with E-state index < -0.39 is 0 Å². The van der Waals surface area contributed by atoms with E-state index in [1.165, 1.54) is 61.4 Å². The molecule has 0 amide bonds. The molecular formula is C62H70N4O. The normalized spacial score (nSPS) is 13.8. The van der Waals surface area contributed by atoms with Gasteiger partial charge in [-0.15, -0.1) is 0 Å². The zero-order chi connectivity index (χ0) is 48.0. The smallest absolute Gasteiger partial charge is 0.137 e. The first-order chi connectivity index (χ1) is 31.3. The van der Waals surface area contributed by atoms with Crippen LogP contribution < -0.4 is 14.5 Å². The third-order valence-corrected chi connectivity index (χ3v) is 13.7. The number of nitrogens with zero attached hydrogens (tertiary/aromatic N) is 4. The quantitative estimate of drug-likeness (QED) is 0.167. The highest BCUT2D eigenvalue weighted by atomic mass is 16.5. The number of hydrogen-bond acceptors (Lipinski definition) is 4. The molecule has 0 saturated carbocycles. The van der Waals surface area contributed by atoms with E-state index in [9.17, 15) is 0 Å². The first-order valence-electron chi connectivity index (χ1n) is 24.1. The minimum Gasteiger partial charge on any atom is -0.457 e. The molecule has 0 N–H and O–H groups in total. The van der Waals surface area contributed by atoms with Gasteiger partial charge in [-0.05, 0) is 133 Å². The summed E-state index contributed by atoms with van der Waals surface area (Å²) in [5.74, 6) is 2.44. The molecule has 0 aliphatic carbocycles. The Morgan fingerprint density at radius 3 is 1.57 bits per heavy atom. The summed E-state index contributed by atoms with van der Waals surface area (Å²) in [5.41, 5.74) is 15.9. The lowest BCUT2D eigenvalue weighted by Crippen LogP contribution is -2.25. The van der Waals surface area contributed by atoms with Crippen molar-refractivity contribution in [3.63, 3.8) is 0 Å². The Morgan fingerprint density at radius 2 is 0.940 bits per heavy atom. The van der Waals surface area contributed by atoms with Gasteiger partial charge in [0.25, 0.3) is 0 Å². The molecule has 0 saturated heterocycles. The van der Waals surface area contributed by atoms with E-state index in [1.807, 2.05) is 6.20 Å². The minimum atomic E-state index is -0.0384. The molecule has 3 heterocycles. The van der Waals surface area contributed by atoms with Crippen molar-refractivity contribution in [1.82, 2.24) is 9.55 Å². The number of benzene rings is 6. The highest BCUT2D eigenvalue weighted by Gasteiger charge is 2.32. The van der Waals surface area contributed by atoms with Crippen molar-refractivity contribution in [2.75, 3.05) is 16.5 Å². The lowest BCUT2D eigenvalue weighted by molar-refractivity contribution is 0.483. The van der Waals surface area contributed by atoms with E-state index in [4.69, 9.17) is 9.72 Å². The number of anilines is 4. The Balaban J connectivity index is 1.12. The van der Waals surface area contributed by atoms with Crippen molar-refractivity contribution in [3.8, 4) is 28.4 Å². The van der Waals surface area contributed by atoms with Crippen LogP contribution in [0, 0.1) is 0 Å². The standard InChI is InChI=1S/C62H70N4O/c1-58(2,3)42-22-19-40(20-23-42)41-21-26-51-52-27-25-50(38-55(52)66(54(51)31-41)57-36-44(29-30-63-57)60(7,8)9)67-49-18-16-17-47(37-49)64-39-65(56-35-43(59(4,5)6)24-28-53(56)64)48-33-45(61(10,11)12)32-46(34-48)62(13,14)15/h16-38H,39H2,1-15H3. The Hall–Kier alpha value is -6.33. The molecule has 9 rings (SSSR count). The number of rotatable bonds is 6. The first kappa shape index (κ1) is 45.8. The van der Waals surface area contributed by atoms with E-state index in [0.717, 1.165) is 39.4 Å². The van der Waals surface area contributed by atoms with Crippen molar-refractivity contribution < 1.29 is 4.74 Å². The van der Waals surface area contributed by atoms with Crippen LogP contribution in [0.1, 0.15) is 132 Å². The summed E-state index contributed by atoms with van der Waals surface area (Å²) in [6.07, 6.45) is 1.95. The Labute approximate surface area is 400 Å². The number of aromatic nitrogens is 2. The average Bonchev–Trinajstić information content (AvgIpc) is 3.80. The first-order valence-corrected chi connectivity index (χ1v) is 24.1. The van der Waals surface area contributed by atoms with Gasteiger partial charge in [-0.2, -0.15) is 0 Å². The molecule has 6 aromatic carbocycles. The fourth-order valence-corrected chi connectivity index (χ4v) is 9.31. The van der Waals surface area contributed by atoms with Crippen LogP contribution in [-0.2, 0) is 27.1 Å². The molecular weight excluding hydrogens is 817 g/mol. The van der Waals surface area contributed by atoms with Crippen LogP contribution in [0.5, 0.6) is 11.5 Å². The van der Waals surface area contributed by atoms with Gasteiger partial charge in [-0.3, -0.25) is 4.57 Å². The van der Waals surface area contributed by atoms with E-state index in [2.05, 4.69) is 252 Å². The Morgan fingerprint density at radius 1 is 0.403 bits per heavy atom. The predicted molar refractivity (Wildman–Crippen MR) is 286 cm³/mol. The van der Waals surface area contributed by atoms with Crippen LogP contribution in [0.3, 0.4) is 0 Å². The van der Waals surface area contributed by atoms with Gasteiger partial charge in [0.05, 0.1) is 22.4 Å². The number of hydrogen-bond donors (Lipinski definition) is 0. The summed E-state index contributed by atoms with van der Waals surface area (Å²) < 4.78 is 9.20. The van der Waals surface area contributed by atoms with Gasteiger partial charge in [-0.25, -0.2) is 4.98 Å². The molecule has 0 fully saturated rings. The molecule has 1 aliphatic heterocycles. The van der Waals surface area contributed by atoms with Gasteiger partial charge in [0.2, 0.25) is 0 Å². The van der Waals surface area contributed by atoms with Crippen molar-refractivity contribution in [1.29, 1.82) is 0 Å². The lowest BCUT2D eigenvalue weighted by atomic mass is 9.80. The summed E-state index contributed by atoms with van der Waals surface area (Å²) in [4.78, 5) is 9.95. The van der Waals surface area contributed by atoms with Crippen LogP contribution in [-0.4, -0.2) is 16.2 Å². The monoisotopic (exact) mass is 887 g/mol. The molecule has 0 bridgehead atoms. The second-order valence-electron chi connectivity index (χ2n) is 24.0. The van der Waals surface area contributed by atoms with E-state index >= 15 is 0 Å². The average molecular weight is 887 g/mol. The molecule has 0 spiro atoms. The highest BCUT2D eigenvalue weighted by Crippen LogP contribution is 2.48. The zero-order valence-corrected chi connectivity index (χ0v) is 42.7. The summed E-state index contributed by atoms with van der Waals surface area (Å²) in [7, 11) is 0. The van der Waals surface area contributed by atoms with Gasteiger partial charge in [-0.1, -0.05) is 158 Å². The molecule has 67 heavy (non-hydrogen) atoms. The molecule has 0 unspecified atom stereocenters. The van der Waals surface area contributed by atoms with Gasteiger partial charge >= 0.3 is 0 Å². The number of ether oxygens (including phenoxy) is 1. The number of fused-ring (bicyclic) bond motifs is 4. The van der Waals surface area contributed by atoms with E-state index in [1.54, 1.807) is 0 Å². The molecule has 5 nitrogen and oxygen atoms in total. The maximum atomic E-state index is 6.88. The van der Waals surface area contributed by atoms with Crippen LogP contribution >= 0.6 is 0 Å². The van der Waals surface area contributed by atoms with Crippen LogP contribution in [0.25, 0.3) is 38.8 Å². The van der Waals surface area contributed by atoms with Gasteiger partial charge in [0.15, 0.2) is 0 Å². The maximum absolute atomic E-state index is 6.88. The fourth-order valence-electron chi connectivity index (χ4n) is 9.31. The number of pyridine rings is 1. The highest BCUT2D eigenvalue weighted by molar-refractivity contribution is 6.10. The minimum absolute atomic E-state index is 0.00336. The van der Waals surface area contributed by atoms with Gasteiger partial charge in [0, 0.05) is 40.5 Å². The van der Waals surface area contributed by atoms with Gasteiger partial charge in [0.1, 0.15) is 24.0 Å². The largest absolute Gasteiger partial charge is 0.457 e. The van der Waals surface area contributed by atoms with Crippen LogP contribution in [0.2, 0.25) is 0 Å². The molecule has 8 aromatic rings. The maximum Gasteiger partial charge on any atom is 0.137 e. The van der Waals surface area contributed by atoms with Crippen molar-refractivity contribution in [2.24, 2.45) is 0 Å². The van der Waals surface area contributed by atoms with Crippen molar-refractivity contribution >= 4 is 44.6 Å². The molecule has 5 heteroatoms. The molecule has 2 aromatic heterocycles. The van der Waals surface area contributed by atoms with E-state index in [0.29, 0.717) is 6.67 Å². The molecule has 344 valence electrons. The molecule has 0 atom stereocenters. The molecule has 0 radical (unpaired) electrons. The topological polar surface area (TPSA) is 33.5 Å². The van der Waals surface area contributed by atoms with Crippen molar-refractivity contribution in [2.45, 2.75) is 131 Å². The Kier molecular flexibility index (Phi) is 11.1. The predicted octanol–water partition coefficient (Wildman–Crippen LogP) is 17.4. The lowest BCUT2D eigenvalue weighted by Gasteiger charge is -2.29. The van der Waals surface area contributed by atoms with Gasteiger partial charge < -0.3 is 14.5 Å². The summed E-state index contributed by atoms with van der Waals surface area (Å²) in [5, 5.41) is 2.33. The third-order valence-electron chi connectivity index (χ3n) is 13.7. The second kappa shape index (κ2) is 16.2. The SMILES string of the molecule is CC(C)(C)c1ccc(-c2ccc3c4ccc(Oc5cccc(N6CN(c7cc(C(C)(C)C)cc(C(C)(C)C)c7)c7cc(C(C)(C)C)ccc76)c5)cc4n(-c4cc(C(C)(C)C)ccn4)c3c2)cc1. The van der Waals surface area contributed by atoms with E-state index in [-0.39, 0.29) is 27.1 Å². The van der Waals surface area contributed by atoms with Crippen LogP contribution in [0.4, 0.5) is 22.7 Å². The zero-order valence-electron chi connectivity index (χ0n) is 42.7. The Bertz CT molecular complexity index is 3120. The van der Waals surface area contributed by atoms with Crippen LogP contribution in [0.15, 0.2) is 140 Å². The second-order valence-corrected chi connectivity index (χ2v) is 24.0. The van der Waals surface area contributed by atoms with Crippen molar-refractivity contribution in [3.05, 3.63) is 167 Å². The molecule has 1 aliphatic rings.